The maximum atomic E-state index is 8.49. The average Bonchev–Trinajstić information content (AvgIpc) is 2.35. The van der Waals surface area contributed by atoms with E-state index < -0.39 is 10.2 Å². The number of rotatable bonds is 0. The number of halogens is 2. The van der Waals surface area contributed by atoms with Crippen molar-refractivity contribution in [3.63, 3.8) is 0 Å². The summed E-state index contributed by atoms with van der Waals surface area (Å²) >= 11 is 2.38. The number of pyridine rings is 2. The maximum Gasteiger partial charge on any atom is 0.211 e. The van der Waals surface area contributed by atoms with Gasteiger partial charge in [0.2, 0.25) is 5.52 Å². The molecule has 7 heteroatoms. The van der Waals surface area contributed by atoms with Gasteiger partial charge in [-0.1, -0.05) is 12.1 Å². The molecular formula is C13H9ClINO4. The number of fused-ring (bicyclic) bond motifs is 2. The van der Waals surface area contributed by atoms with Crippen LogP contribution in [0.3, 0.4) is 0 Å². The fourth-order valence-corrected chi connectivity index (χ4v) is 2.48. The molecule has 104 valence electrons. The van der Waals surface area contributed by atoms with Crippen LogP contribution in [0, 0.1) is 13.8 Å². The lowest BCUT2D eigenvalue weighted by molar-refractivity contribution is -2.00. The topological polar surface area (TPSA) is 96.3 Å². The predicted octanol–water partition coefficient (Wildman–Crippen LogP) is -1.57. The second kappa shape index (κ2) is 6.17. The lowest BCUT2D eigenvalue weighted by Crippen LogP contribution is -2.68. The van der Waals surface area contributed by atoms with E-state index in [2.05, 4.69) is 81.8 Å². The Hall–Kier alpha value is -1.03. The molecule has 3 rings (SSSR count). The van der Waals surface area contributed by atoms with Crippen molar-refractivity contribution >= 4 is 38.9 Å². The summed E-state index contributed by atoms with van der Waals surface area (Å²) in [4.78, 5) is 0. The van der Waals surface area contributed by atoms with E-state index >= 15 is 0 Å². The monoisotopic (exact) mass is 405 g/mol. The highest BCUT2D eigenvalue weighted by atomic mass is 127. The van der Waals surface area contributed by atoms with E-state index in [1.165, 1.54) is 19.9 Å². The Kier molecular flexibility index (Phi) is 4.74. The molecule has 20 heavy (non-hydrogen) atoms. The first-order valence-electron chi connectivity index (χ1n) is 5.44. The van der Waals surface area contributed by atoms with E-state index in [0.29, 0.717) is 0 Å². The van der Waals surface area contributed by atoms with Crippen molar-refractivity contribution in [3.05, 3.63) is 58.4 Å². The molecule has 0 aliphatic carbocycles. The predicted molar refractivity (Wildman–Crippen MR) is 69.8 cm³/mol. The Labute approximate surface area is 130 Å². The van der Waals surface area contributed by atoms with Crippen molar-refractivity contribution in [3.8, 4) is 0 Å². The summed E-state index contributed by atoms with van der Waals surface area (Å²) in [6.07, 6.45) is 4.27. The normalized spacial score (nSPS) is 11.2. The van der Waals surface area contributed by atoms with Crippen LogP contribution in [0.5, 0.6) is 0 Å². The highest BCUT2D eigenvalue weighted by Gasteiger charge is 2.05. The minimum absolute atomic E-state index is 1.23. The third kappa shape index (κ3) is 4.23. The molecule has 0 N–H and O–H groups in total. The second-order valence-electron chi connectivity index (χ2n) is 3.93. The van der Waals surface area contributed by atoms with Gasteiger partial charge in [-0.2, -0.15) is 4.40 Å². The van der Waals surface area contributed by atoms with Crippen molar-refractivity contribution in [2.75, 3.05) is 0 Å². The second-order valence-corrected chi connectivity index (χ2v) is 5.85. The molecule has 0 atom stereocenters. The number of benzene rings is 1. The Morgan fingerprint density at radius 3 is 2.35 bits per heavy atom. The molecule has 3 aromatic rings. The minimum atomic E-state index is -4.94. The lowest BCUT2D eigenvalue weighted by atomic mass is 10.1. The lowest BCUT2D eigenvalue weighted by Gasteiger charge is -2.17. The molecule has 0 aliphatic rings. The number of hydrogen-bond donors (Lipinski definition) is 0. The van der Waals surface area contributed by atoms with Crippen LogP contribution in [0.25, 0.3) is 16.3 Å². The highest BCUT2D eigenvalue weighted by molar-refractivity contribution is 14.1. The van der Waals surface area contributed by atoms with Gasteiger partial charge in [-0.15, -0.1) is 10.2 Å². The summed E-state index contributed by atoms with van der Waals surface area (Å²) in [6, 6.07) is 14.9. The molecule has 0 saturated carbocycles. The Balaban J connectivity index is 0.000000257. The fourth-order valence-electron chi connectivity index (χ4n) is 1.82. The zero-order valence-electron chi connectivity index (χ0n) is 10.0. The smallest absolute Gasteiger partial charge is 0.211 e. The molecule has 0 aliphatic heterocycles. The van der Waals surface area contributed by atoms with Crippen molar-refractivity contribution in [2.24, 2.45) is 0 Å². The molecule has 1 aromatic carbocycles. The van der Waals surface area contributed by atoms with Gasteiger partial charge in [-0.3, -0.25) is 0 Å². The molecule has 0 saturated heterocycles. The molecule has 5 nitrogen and oxygen atoms in total. The summed E-state index contributed by atoms with van der Waals surface area (Å²) in [5, 5.41) is 2.61. The molecule has 0 amide bonds. The average molecular weight is 406 g/mol. The summed E-state index contributed by atoms with van der Waals surface area (Å²) in [5.74, 6) is 0. The Morgan fingerprint density at radius 2 is 1.65 bits per heavy atom. The first-order chi connectivity index (χ1) is 9.34. The van der Waals surface area contributed by atoms with Crippen molar-refractivity contribution < 1.29 is 33.3 Å². The van der Waals surface area contributed by atoms with E-state index in [1.807, 2.05) is 0 Å². The van der Waals surface area contributed by atoms with Gasteiger partial charge in [-0.25, -0.2) is 18.6 Å². The largest absolute Gasteiger partial charge is 0.222 e. The molecule has 0 radical (unpaired) electrons. The maximum absolute atomic E-state index is 8.49. The van der Waals surface area contributed by atoms with Gasteiger partial charge in [0, 0.05) is 21.8 Å². The van der Waals surface area contributed by atoms with Crippen LogP contribution in [0.1, 0.15) is 0 Å². The van der Waals surface area contributed by atoms with Gasteiger partial charge in [0.05, 0.1) is 5.39 Å². The molecule has 0 bridgehead atoms. The van der Waals surface area contributed by atoms with Gasteiger partial charge in [-0.05, 0) is 40.1 Å². The van der Waals surface area contributed by atoms with Crippen LogP contribution in [0.15, 0.2) is 54.9 Å². The number of hydrogen-bond acceptors (Lipinski definition) is 4. The van der Waals surface area contributed by atoms with Crippen molar-refractivity contribution in [2.45, 2.75) is 0 Å². The Bertz CT molecular complexity index is 739. The van der Waals surface area contributed by atoms with Gasteiger partial charge < -0.3 is 0 Å². The van der Waals surface area contributed by atoms with Crippen LogP contribution in [0.4, 0.5) is 0 Å². The summed E-state index contributed by atoms with van der Waals surface area (Å²) in [7, 11) is -4.94. The molecule has 2 heterocycles. The molecular weight excluding hydrogens is 397 g/mol. The highest BCUT2D eigenvalue weighted by Crippen LogP contribution is 2.19. The van der Waals surface area contributed by atoms with Gasteiger partial charge in [0.15, 0.2) is 12.4 Å². The van der Waals surface area contributed by atoms with E-state index in [9.17, 15) is 0 Å². The van der Waals surface area contributed by atoms with Crippen molar-refractivity contribution in [1.29, 1.82) is 0 Å². The third-order valence-corrected chi connectivity index (χ3v) is 3.52. The Morgan fingerprint density at radius 1 is 0.950 bits per heavy atom. The molecule has 0 fully saturated rings. The van der Waals surface area contributed by atoms with Gasteiger partial charge >= 0.3 is 0 Å². The minimum Gasteiger partial charge on any atom is -0.222 e. The van der Waals surface area contributed by atoms with E-state index in [0.717, 1.165) is 0 Å². The third-order valence-electron chi connectivity index (χ3n) is 2.58. The summed E-state index contributed by atoms with van der Waals surface area (Å²) < 4.78 is 37.4. The zero-order valence-corrected chi connectivity index (χ0v) is 12.9. The van der Waals surface area contributed by atoms with E-state index in [1.54, 1.807) is 0 Å². The number of aromatic nitrogens is 1. The zero-order chi connectivity index (χ0) is 14.8. The van der Waals surface area contributed by atoms with Gasteiger partial charge in [0.1, 0.15) is 0 Å². The van der Waals surface area contributed by atoms with Crippen LogP contribution in [-0.2, 0) is 0 Å². The summed E-state index contributed by atoms with van der Waals surface area (Å²) in [5.41, 5.74) is 1.23. The first-order valence-corrected chi connectivity index (χ1v) is 7.76. The SMILES string of the molecule is Ic1cccc2cc3cccc[n+]3cc12.[O-][Cl+3]([O-])([O-])[O-]. The van der Waals surface area contributed by atoms with Crippen LogP contribution in [-0.4, -0.2) is 0 Å². The molecule has 0 spiro atoms. The van der Waals surface area contributed by atoms with Crippen LogP contribution < -0.4 is 23.0 Å². The quantitative estimate of drug-likeness (QED) is 0.256. The van der Waals surface area contributed by atoms with E-state index in [4.69, 9.17) is 18.6 Å². The van der Waals surface area contributed by atoms with Gasteiger partial charge in [0.25, 0.3) is 0 Å². The number of nitrogens with zero attached hydrogens (tertiary/aromatic N) is 1. The van der Waals surface area contributed by atoms with E-state index in [-0.39, 0.29) is 0 Å². The summed E-state index contributed by atoms with van der Waals surface area (Å²) in [6.45, 7) is 0. The van der Waals surface area contributed by atoms with Crippen molar-refractivity contribution in [1.82, 2.24) is 0 Å². The standard InChI is InChI=1S/C13H9IN.ClHO4/c14-13-6-3-4-10-8-11-5-1-2-7-15(11)9-12(10)13;2-1(3,4)5/h1-9H;(H,2,3,4,5)/q+1;/p-1. The molecule has 0 unspecified atom stereocenters. The first kappa shape index (κ1) is 15.4. The fraction of sp³-hybridized carbons (Fsp3) is 0. The van der Waals surface area contributed by atoms with Crippen LogP contribution in [0.2, 0.25) is 0 Å². The molecule has 2 aromatic heterocycles. The van der Waals surface area contributed by atoms with Crippen LogP contribution >= 0.6 is 22.6 Å².